The molecule has 11 heteroatoms. The second-order valence-electron chi connectivity index (χ2n) is 12.8. The molecule has 0 N–H and O–H groups in total. The molecule has 0 spiro atoms. The fraction of sp³-hybridized carbons (Fsp3) is 0.690. The minimum Gasteiger partial charge on any atom is -0.443 e. The maximum Gasteiger partial charge on any atom is 0.425 e. The van der Waals surface area contributed by atoms with Crippen LogP contribution in [0.4, 0.5) is 14.0 Å². The summed E-state index contributed by atoms with van der Waals surface area (Å²) in [5.41, 5.74) is -3.80. The molecule has 1 aliphatic heterocycles. The summed E-state index contributed by atoms with van der Waals surface area (Å²) in [6.07, 6.45) is 0.413. The number of unbranched alkanes of at least 4 members (excludes halogenated alkanes) is 1. The van der Waals surface area contributed by atoms with Crippen LogP contribution in [0.2, 0.25) is 0 Å². The van der Waals surface area contributed by atoms with Crippen molar-refractivity contribution in [2.45, 2.75) is 103 Å². The average Bonchev–Trinajstić information content (AvgIpc) is 3.63. The summed E-state index contributed by atoms with van der Waals surface area (Å²) in [5.74, 6) is -1.97. The van der Waals surface area contributed by atoms with Gasteiger partial charge in [0.25, 0.3) is 0 Å². The van der Waals surface area contributed by atoms with Gasteiger partial charge in [-0.1, -0.05) is 31.5 Å². The Bertz CT molecular complexity index is 1220. The molecule has 2 aliphatic rings. The third kappa shape index (κ3) is 6.84. The maximum absolute atomic E-state index is 15.4. The molecule has 3 rings (SSSR count). The van der Waals surface area contributed by atoms with Crippen molar-refractivity contribution in [1.29, 1.82) is 0 Å². The summed E-state index contributed by atoms with van der Waals surface area (Å²) in [6.45, 7) is 13.3. The molecule has 224 valence electrons. The van der Waals surface area contributed by atoms with Gasteiger partial charge in [0, 0.05) is 12.2 Å². The van der Waals surface area contributed by atoms with Crippen LogP contribution < -0.4 is 0 Å². The summed E-state index contributed by atoms with van der Waals surface area (Å²) in [6, 6.07) is 5.76. The lowest BCUT2D eigenvalue weighted by molar-refractivity contribution is 0.0134. The predicted molar refractivity (Wildman–Crippen MR) is 150 cm³/mol. The van der Waals surface area contributed by atoms with Gasteiger partial charge >= 0.3 is 12.2 Å². The Labute approximate surface area is 237 Å². The zero-order valence-corrected chi connectivity index (χ0v) is 25.7. The van der Waals surface area contributed by atoms with Crippen molar-refractivity contribution < 1.29 is 36.6 Å². The Morgan fingerprint density at radius 2 is 1.60 bits per heavy atom. The highest BCUT2D eigenvalue weighted by molar-refractivity contribution is 7.93. The second kappa shape index (κ2) is 11.4. The number of ether oxygens (including phenoxy) is 3. The number of sulfone groups is 1. The first-order valence-corrected chi connectivity index (χ1v) is 15.4. The Morgan fingerprint density at radius 3 is 2.08 bits per heavy atom. The van der Waals surface area contributed by atoms with Crippen molar-refractivity contribution in [1.82, 2.24) is 4.90 Å². The molecule has 0 bridgehead atoms. The molecule has 0 saturated heterocycles. The Balaban J connectivity index is 2.34. The number of carbonyl (C=O) groups excluding carboxylic acids is 2. The molecule has 1 fully saturated rings. The molecule has 1 aromatic rings. The molecule has 2 amide bonds. The van der Waals surface area contributed by atoms with Gasteiger partial charge in [0.15, 0.2) is 9.84 Å². The summed E-state index contributed by atoms with van der Waals surface area (Å²) >= 11 is 0. The van der Waals surface area contributed by atoms with Crippen molar-refractivity contribution in [3.8, 4) is 0 Å². The maximum atomic E-state index is 15.4. The van der Waals surface area contributed by atoms with Crippen LogP contribution in [0.25, 0.3) is 0 Å². The van der Waals surface area contributed by atoms with E-state index in [0.717, 1.165) is 6.42 Å². The van der Waals surface area contributed by atoms with Crippen LogP contribution in [-0.2, 0) is 29.6 Å². The number of amidine groups is 1. The topological polar surface area (TPSA) is 112 Å². The highest BCUT2D eigenvalue weighted by atomic mass is 32.2. The summed E-state index contributed by atoms with van der Waals surface area (Å²) in [7, 11) is -4.16. The lowest BCUT2D eigenvalue weighted by Gasteiger charge is -2.45. The molecule has 0 aromatic heterocycles. The lowest BCUT2D eigenvalue weighted by Crippen LogP contribution is -2.64. The Kier molecular flexibility index (Phi) is 9.11. The summed E-state index contributed by atoms with van der Waals surface area (Å²) in [4.78, 5) is 32.8. The number of aliphatic imine (C=N–C) groups is 1. The van der Waals surface area contributed by atoms with Crippen molar-refractivity contribution in [3.63, 3.8) is 0 Å². The van der Waals surface area contributed by atoms with Crippen LogP contribution in [-0.4, -0.2) is 66.3 Å². The van der Waals surface area contributed by atoms with Crippen LogP contribution in [0.3, 0.4) is 0 Å². The van der Waals surface area contributed by atoms with Crippen LogP contribution in [0.1, 0.15) is 86.6 Å². The Hall–Kier alpha value is -2.53. The number of hydrogen-bond donors (Lipinski definition) is 0. The van der Waals surface area contributed by atoms with E-state index >= 15 is 4.39 Å². The smallest absolute Gasteiger partial charge is 0.425 e. The number of amides is 2. The van der Waals surface area contributed by atoms with Gasteiger partial charge in [-0.15, -0.1) is 0 Å². The largest absolute Gasteiger partial charge is 0.443 e. The lowest BCUT2D eigenvalue weighted by atomic mass is 9.91. The van der Waals surface area contributed by atoms with Gasteiger partial charge in [-0.3, -0.25) is 4.99 Å². The van der Waals surface area contributed by atoms with Gasteiger partial charge in [-0.25, -0.2) is 22.4 Å². The van der Waals surface area contributed by atoms with E-state index in [1.165, 1.54) is 25.1 Å². The van der Waals surface area contributed by atoms with E-state index in [9.17, 15) is 18.0 Å². The van der Waals surface area contributed by atoms with E-state index in [4.69, 9.17) is 19.2 Å². The van der Waals surface area contributed by atoms with Crippen molar-refractivity contribution in [3.05, 3.63) is 35.6 Å². The van der Waals surface area contributed by atoms with Crippen molar-refractivity contribution in [2.24, 2.45) is 10.9 Å². The first kappa shape index (κ1) is 32.0. The van der Waals surface area contributed by atoms with E-state index in [1.807, 2.05) is 6.92 Å². The van der Waals surface area contributed by atoms with Crippen molar-refractivity contribution >= 4 is 27.9 Å². The molecular weight excluding hydrogens is 539 g/mol. The average molecular weight is 583 g/mol. The molecule has 1 unspecified atom stereocenters. The number of halogens is 1. The number of nitrogens with zero attached hydrogens (tertiary/aromatic N) is 2. The van der Waals surface area contributed by atoms with Crippen LogP contribution in [0.5, 0.6) is 0 Å². The van der Waals surface area contributed by atoms with E-state index in [-0.39, 0.29) is 18.0 Å². The number of imide groups is 1. The van der Waals surface area contributed by atoms with Gasteiger partial charge in [0.1, 0.15) is 33.1 Å². The van der Waals surface area contributed by atoms with E-state index < -0.39 is 61.0 Å². The van der Waals surface area contributed by atoms with Crippen LogP contribution in [0.15, 0.2) is 29.3 Å². The normalized spacial score (nSPS) is 24.7. The molecule has 1 aromatic carbocycles. The minimum atomic E-state index is -4.16. The predicted octanol–water partition coefficient (Wildman–Crippen LogP) is 6.01. The third-order valence-electron chi connectivity index (χ3n) is 6.92. The van der Waals surface area contributed by atoms with Crippen molar-refractivity contribution in [2.75, 3.05) is 19.0 Å². The van der Waals surface area contributed by atoms with Gasteiger partial charge in [0.05, 0.1) is 12.4 Å². The summed E-state index contributed by atoms with van der Waals surface area (Å²) in [5, 5.41) is 0. The molecule has 40 heavy (non-hydrogen) atoms. The van der Waals surface area contributed by atoms with E-state index in [1.54, 1.807) is 47.6 Å². The second-order valence-corrected chi connectivity index (χ2v) is 15.2. The third-order valence-corrected chi connectivity index (χ3v) is 9.58. The standard InChI is InChI=1S/C29H43FN2O7S/c1-9-10-17-37-18-29(21-13-11-12-14-22(21)30)19-40(35,36)28(8,20-15-16-20)23(31-29)32(24(33)38-26(2,3)4)25(34)39-27(5,6)7/h11-14,20H,9-10,15-19H2,1-8H3/t28?,29-/m0/s1. The fourth-order valence-electron chi connectivity index (χ4n) is 4.77. The molecule has 0 radical (unpaired) electrons. The zero-order valence-electron chi connectivity index (χ0n) is 24.9. The van der Waals surface area contributed by atoms with Gasteiger partial charge in [-0.05, 0) is 79.7 Å². The zero-order chi connectivity index (χ0) is 30.1. The number of rotatable bonds is 7. The number of carbonyl (C=O) groups is 2. The van der Waals surface area contributed by atoms with E-state index in [2.05, 4.69) is 0 Å². The first-order chi connectivity index (χ1) is 18.4. The molecule has 1 saturated carbocycles. The highest BCUT2D eigenvalue weighted by Crippen LogP contribution is 2.51. The van der Waals surface area contributed by atoms with Crippen LogP contribution >= 0.6 is 0 Å². The molecule has 2 atom stereocenters. The van der Waals surface area contributed by atoms with E-state index in [0.29, 0.717) is 30.8 Å². The number of hydrogen-bond acceptors (Lipinski definition) is 8. The molecule has 1 aliphatic carbocycles. The molecule has 9 nitrogen and oxygen atoms in total. The minimum absolute atomic E-state index is 0.00116. The number of benzene rings is 1. The van der Waals surface area contributed by atoms with Crippen LogP contribution in [0, 0.1) is 11.7 Å². The Morgan fingerprint density at radius 1 is 1.05 bits per heavy atom. The van der Waals surface area contributed by atoms with Gasteiger partial charge in [-0.2, -0.15) is 4.90 Å². The molecular formula is C29H43FN2O7S. The quantitative estimate of drug-likeness (QED) is 0.362. The summed E-state index contributed by atoms with van der Waals surface area (Å²) < 4.78 is 59.3. The monoisotopic (exact) mass is 582 g/mol. The SMILES string of the molecule is CCCCOC[C@@]1(c2ccccc2F)CS(=O)(=O)C(C)(C2CC2)C(N(C(=O)OC(C)(C)C)C(=O)OC(C)(C)C)=N1. The highest BCUT2D eigenvalue weighted by Gasteiger charge is 2.64. The van der Waals surface area contributed by atoms with Gasteiger partial charge in [0.2, 0.25) is 0 Å². The fourth-order valence-corrected chi connectivity index (χ4v) is 7.16. The first-order valence-electron chi connectivity index (χ1n) is 13.8. The molecule has 1 heterocycles. The van der Waals surface area contributed by atoms with Gasteiger partial charge < -0.3 is 14.2 Å².